The number of aryl methyl sites for hydroxylation is 1. The molecule has 2 saturated heterocycles. The molecule has 2 fully saturated rings. The Bertz CT molecular complexity index is 627. The lowest BCUT2D eigenvalue weighted by Crippen LogP contribution is -2.71. The quantitative estimate of drug-likeness (QED) is 0.456. The Morgan fingerprint density at radius 2 is 1.96 bits per heavy atom. The van der Waals surface area contributed by atoms with E-state index in [9.17, 15) is 20.1 Å². The molecule has 27 heavy (non-hydrogen) atoms. The van der Waals surface area contributed by atoms with Crippen molar-refractivity contribution < 1.29 is 20.1 Å². The zero-order chi connectivity index (χ0) is 19.6. The fourth-order valence-corrected chi connectivity index (χ4v) is 4.10. The van der Waals surface area contributed by atoms with Crippen molar-refractivity contribution in [3.63, 3.8) is 0 Å². The number of carbonyl (C=O) groups excluding carboxylic acids is 1. The van der Waals surface area contributed by atoms with Gasteiger partial charge in [-0.3, -0.25) is 15.0 Å². The summed E-state index contributed by atoms with van der Waals surface area (Å²) in [7, 11) is 0. The number of hydrogen-bond donors (Lipinski definition) is 5. The summed E-state index contributed by atoms with van der Waals surface area (Å²) in [6.07, 6.45) is -0.753. The predicted octanol–water partition coefficient (Wildman–Crippen LogP) is -0.544. The van der Waals surface area contributed by atoms with E-state index >= 15 is 0 Å². The number of nitrogens with zero attached hydrogens (tertiary/aromatic N) is 1. The predicted molar refractivity (Wildman–Crippen MR) is 102 cm³/mol. The SMILES string of the molecule is CC(C)C(=O)N[C@H]1C2NC(CCc3ccccc3)CN2[C@H](CO)[C@@H](O)[C@@H]1O. The monoisotopic (exact) mass is 377 g/mol. The highest BCUT2D eigenvalue weighted by Crippen LogP contribution is 2.28. The third-order valence-corrected chi connectivity index (χ3v) is 5.72. The highest BCUT2D eigenvalue weighted by Gasteiger charge is 2.52. The summed E-state index contributed by atoms with van der Waals surface area (Å²) in [5.41, 5.74) is 1.26. The average molecular weight is 377 g/mol. The van der Waals surface area contributed by atoms with Crippen LogP contribution in [0.3, 0.4) is 0 Å². The molecular weight excluding hydrogens is 346 g/mol. The van der Waals surface area contributed by atoms with Crippen LogP contribution in [0.5, 0.6) is 0 Å². The average Bonchev–Trinajstić information content (AvgIpc) is 3.08. The zero-order valence-corrected chi connectivity index (χ0v) is 16.0. The van der Waals surface area contributed by atoms with Gasteiger partial charge in [0, 0.05) is 18.5 Å². The molecule has 0 saturated carbocycles. The summed E-state index contributed by atoms with van der Waals surface area (Å²) >= 11 is 0. The second-order valence-electron chi connectivity index (χ2n) is 7.95. The Hall–Kier alpha value is -1.51. The summed E-state index contributed by atoms with van der Waals surface area (Å²) in [6.45, 7) is 3.99. The molecule has 0 bridgehead atoms. The second kappa shape index (κ2) is 8.67. The minimum absolute atomic E-state index is 0.153. The largest absolute Gasteiger partial charge is 0.395 e. The number of hydrogen-bond acceptors (Lipinski definition) is 6. The fraction of sp³-hybridized carbons (Fsp3) is 0.650. The Kier molecular flexibility index (Phi) is 6.49. The van der Waals surface area contributed by atoms with E-state index in [1.807, 2.05) is 23.1 Å². The van der Waals surface area contributed by atoms with Crippen molar-refractivity contribution in [3.05, 3.63) is 35.9 Å². The summed E-state index contributed by atoms with van der Waals surface area (Å²) < 4.78 is 0. The first-order chi connectivity index (χ1) is 12.9. The number of piperidine rings is 1. The van der Waals surface area contributed by atoms with E-state index in [4.69, 9.17) is 0 Å². The van der Waals surface area contributed by atoms with Crippen LogP contribution in [-0.4, -0.2) is 75.8 Å². The van der Waals surface area contributed by atoms with Crippen LogP contribution in [0, 0.1) is 5.92 Å². The van der Waals surface area contributed by atoms with Crippen LogP contribution in [0.1, 0.15) is 25.8 Å². The van der Waals surface area contributed by atoms with Gasteiger partial charge in [-0.25, -0.2) is 0 Å². The van der Waals surface area contributed by atoms with Crippen LogP contribution in [0.25, 0.3) is 0 Å². The summed E-state index contributed by atoms with van der Waals surface area (Å²) in [5, 5.41) is 37.2. The molecule has 2 aliphatic rings. The first kappa shape index (κ1) is 20.2. The summed E-state index contributed by atoms with van der Waals surface area (Å²) in [5.74, 6) is -0.378. The maximum Gasteiger partial charge on any atom is 0.222 e. The molecule has 5 N–H and O–H groups in total. The lowest BCUT2D eigenvalue weighted by molar-refractivity contribution is -0.139. The standard InChI is InChI=1S/C20H31N3O4/c1-12(2)20(27)22-16-18(26)17(25)15(11-24)23-10-14(21-19(16)23)9-8-13-6-4-3-5-7-13/h3-7,12,14-19,21,24-26H,8-11H2,1-2H3,(H,22,27)/t14?,15-,16-,17-,18-,19?/m1/s1. The van der Waals surface area contributed by atoms with Gasteiger partial charge in [0.15, 0.2) is 0 Å². The molecule has 1 aromatic carbocycles. The maximum absolute atomic E-state index is 12.2. The number of aliphatic hydroxyl groups excluding tert-OH is 3. The molecule has 2 unspecified atom stereocenters. The number of carbonyl (C=O) groups is 1. The molecule has 7 nitrogen and oxygen atoms in total. The van der Waals surface area contributed by atoms with Gasteiger partial charge in [0.1, 0.15) is 6.10 Å². The van der Waals surface area contributed by atoms with Gasteiger partial charge in [-0.05, 0) is 18.4 Å². The van der Waals surface area contributed by atoms with Crippen molar-refractivity contribution in [2.45, 2.75) is 63.2 Å². The number of benzene rings is 1. The molecule has 0 aliphatic carbocycles. The van der Waals surface area contributed by atoms with E-state index in [0.29, 0.717) is 6.54 Å². The topological polar surface area (TPSA) is 105 Å². The van der Waals surface area contributed by atoms with E-state index in [-0.39, 0.29) is 30.6 Å². The molecule has 0 aromatic heterocycles. The van der Waals surface area contributed by atoms with Gasteiger partial charge in [0.2, 0.25) is 5.91 Å². The van der Waals surface area contributed by atoms with Crippen LogP contribution in [-0.2, 0) is 11.2 Å². The van der Waals surface area contributed by atoms with Gasteiger partial charge in [-0.15, -0.1) is 0 Å². The molecule has 0 spiro atoms. The van der Waals surface area contributed by atoms with E-state index < -0.39 is 24.3 Å². The van der Waals surface area contributed by atoms with E-state index in [1.54, 1.807) is 13.8 Å². The molecule has 1 aromatic rings. The molecular formula is C20H31N3O4. The van der Waals surface area contributed by atoms with Crippen LogP contribution in [0.15, 0.2) is 30.3 Å². The van der Waals surface area contributed by atoms with Crippen molar-refractivity contribution in [2.24, 2.45) is 5.92 Å². The van der Waals surface area contributed by atoms with E-state index in [1.165, 1.54) is 5.56 Å². The van der Waals surface area contributed by atoms with Crippen molar-refractivity contribution in [1.82, 2.24) is 15.5 Å². The smallest absolute Gasteiger partial charge is 0.222 e. The van der Waals surface area contributed by atoms with Crippen molar-refractivity contribution >= 4 is 5.91 Å². The third kappa shape index (κ3) is 4.33. The summed E-state index contributed by atoms with van der Waals surface area (Å²) in [4.78, 5) is 14.2. The van der Waals surface area contributed by atoms with Gasteiger partial charge in [-0.2, -0.15) is 0 Å². The van der Waals surface area contributed by atoms with Gasteiger partial charge in [-0.1, -0.05) is 44.2 Å². The Labute approximate surface area is 160 Å². The fourth-order valence-electron chi connectivity index (χ4n) is 4.10. The van der Waals surface area contributed by atoms with Gasteiger partial charge in [0.25, 0.3) is 0 Å². The van der Waals surface area contributed by atoms with Crippen LogP contribution >= 0.6 is 0 Å². The summed E-state index contributed by atoms with van der Waals surface area (Å²) in [6, 6.07) is 9.20. The van der Waals surface area contributed by atoms with Crippen LogP contribution < -0.4 is 10.6 Å². The van der Waals surface area contributed by atoms with E-state index in [2.05, 4.69) is 22.8 Å². The molecule has 6 atom stereocenters. The molecule has 150 valence electrons. The number of aliphatic hydroxyl groups is 3. The van der Waals surface area contributed by atoms with E-state index in [0.717, 1.165) is 12.8 Å². The third-order valence-electron chi connectivity index (χ3n) is 5.72. The number of nitrogens with one attached hydrogen (secondary N) is 2. The lowest BCUT2D eigenvalue weighted by Gasteiger charge is -2.47. The number of fused-ring (bicyclic) bond motifs is 1. The first-order valence-electron chi connectivity index (χ1n) is 9.75. The molecule has 0 radical (unpaired) electrons. The van der Waals surface area contributed by atoms with Gasteiger partial charge >= 0.3 is 0 Å². The first-order valence-corrected chi connectivity index (χ1v) is 9.75. The maximum atomic E-state index is 12.2. The highest BCUT2D eigenvalue weighted by molar-refractivity contribution is 5.78. The second-order valence-corrected chi connectivity index (χ2v) is 7.95. The van der Waals surface area contributed by atoms with Crippen LogP contribution in [0.4, 0.5) is 0 Å². The van der Waals surface area contributed by atoms with Crippen molar-refractivity contribution in [1.29, 1.82) is 0 Å². The minimum atomic E-state index is -1.13. The Morgan fingerprint density at radius 1 is 1.26 bits per heavy atom. The Balaban J connectivity index is 1.71. The minimum Gasteiger partial charge on any atom is -0.395 e. The molecule has 3 rings (SSSR count). The number of amides is 1. The highest BCUT2D eigenvalue weighted by atomic mass is 16.3. The van der Waals surface area contributed by atoms with Gasteiger partial charge < -0.3 is 20.6 Å². The van der Waals surface area contributed by atoms with Gasteiger partial charge in [0.05, 0.1) is 31.0 Å². The Morgan fingerprint density at radius 3 is 2.59 bits per heavy atom. The van der Waals surface area contributed by atoms with Crippen molar-refractivity contribution in [2.75, 3.05) is 13.2 Å². The normalized spacial score (nSPS) is 33.9. The van der Waals surface area contributed by atoms with Crippen LogP contribution in [0.2, 0.25) is 0 Å². The molecule has 7 heteroatoms. The zero-order valence-electron chi connectivity index (χ0n) is 16.0. The lowest BCUT2D eigenvalue weighted by atomic mass is 9.90. The van der Waals surface area contributed by atoms with Crippen molar-refractivity contribution in [3.8, 4) is 0 Å². The molecule has 2 heterocycles. The molecule has 2 aliphatic heterocycles. The number of rotatable bonds is 6. The molecule has 1 amide bonds.